The average molecular weight is 227 g/mol. The molecule has 3 N–H and O–H groups in total. The number of aromatic nitrogens is 1. The number of nitrogen functional groups attached to an aromatic ring is 1. The number of nitrogens with one attached hydrogen (secondary N) is 1. The molecular formula is C14H17N3. The molecular weight excluding hydrogens is 210 g/mol. The lowest BCUT2D eigenvalue weighted by Gasteiger charge is -2.05. The predicted molar refractivity (Wildman–Crippen MR) is 70.5 cm³/mol. The summed E-state index contributed by atoms with van der Waals surface area (Å²) >= 11 is 0. The Hall–Kier alpha value is -1.87. The van der Waals surface area contributed by atoms with Gasteiger partial charge in [-0.2, -0.15) is 0 Å². The number of rotatable bonds is 5. The van der Waals surface area contributed by atoms with Gasteiger partial charge in [-0.25, -0.2) is 0 Å². The molecule has 0 bridgehead atoms. The molecule has 1 heterocycles. The van der Waals surface area contributed by atoms with Crippen LogP contribution < -0.4 is 11.1 Å². The quantitative estimate of drug-likeness (QED) is 0.606. The molecule has 2 rings (SSSR count). The zero-order chi connectivity index (χ0) is 11.9. The van der Waals surface area contributed by atoms with Gasteiger partial charge >= 0.3 is 0 Å². The monoisotopic (exact) mass is 227 g/mol. The van der Waals surface area contributed by atoms with Crippen LogP contribution in [0.2, 0.25) is 0 Å². The summed E-state index contributed by atoms with van der Waals surface area (Å²) < 4.78 is 0. The highest BCUT2D eigenvalue weighted by atomic mass is 14.8. The van der Waals surface area contributed by atoms with E-state index in [2.05, 4.69) is 28.5 Å². The Morgan fingerprint density at radius 2 is 1.88 bits per heavy atom. The van der Waals surface area contributed by atoms with Gasteiger partial charge in [0, 0.05) is 24.6 Å². The van der Waals surface area contributed by atoms with Crippen LogP contribution in [0.3, 0.4) is 0 Å². The number of anilines is 1. The molecule has 0 aliphatic heterocycles. The number of hydrogen-bond donors (Lipinski definition) is 2. The van der Waals surface area contributed by atoms with Crippen LogP contribution in [0.1, 0.15) is 11.1 Å². The predicted octanol–water partition coefficient (Wildman–Crippen LogP) is 2.00. The van der Waals surface area contributed by atoms with E-state index in [4.69, 9.17) is 5.73 Å². The number of hydrogen-bond acceptors (Lipinski definition) is 3. The molecule has 88 valence electrons. The van der Waals surface area contributed by atoms with E-state index in [9.17, 15) is 0 Å². The molecule has 0 unspecified atom stereocenters. The Labute approximate surface area is 102 Å². The maximum absolute atomic E-state index is 5.63. The highest BCUT2D eigenvalue weighted by Crippen LogP contribution is 2.05. The Morgan fingerprint density at radius 1 is 1.06 bits per heavy atom. The number of pyridine rings is 1. The Kier molecular flexibility index (Phi) is 4.11. The van der Waals surface area contributed by atoms with Crippen molar-refractivity contribution in [3.8, 4) is 0 Å². The van der Waals surface area contributed by atoms with Crippen LogP contribution in [0.15, 0.2) is 48.8 Å². The summed E-state index contributed by atoms with van der Waals surface area (Å²) in [6.07, 6.45) is 4.69. The first-order valence-electron chi connectivity index (χ1n) is 5.78. The molecule has 0 fully saturated rings. The fraction of sp³-hybridized carbons (Fsp3) is 0.214. The fourth-order valence-corrected chi connectivity index (χ4v) is 1.65. The van der Waals surface area contributed by atoms with Gasteiger partial charge in [-0.3, -0.25) is 4.98 Å². The van der Waals surface area contributed by atoms with Crippen LogP contribution >= 0.6 is 0 Å². The first-order chi connectivity index (χ1) is 8.34. The van der Waals surface area contributed by atoms with Crippen LogP contribution in [0.5, 0.6) is 0 Å². The van der Waals surface area contributed by atoms with Gasteiger partial charge in [-0.05, 0) is 42.3 Å². The van der Waals surface area contributed by atoms with E-state index in [1.54, 1.807) is 6.20 Å². The summed E-state index contributed by atoms with van der Waals surface area (Å²) in [4.78, 5) is 4.08. The largest absolute Gasteiger partial charge is 0.399 e. The van der Waals surface area contributed by atoms with Crippen LogP contribution in [-0.2, 0) is 13.0 Å². The lowest BCUT2D eigenvalue weighted by molar-refractivity contribution is 0.685. The summed E-state index contributed by atoms with van der Waals surface area (Å²) in [6.45, 7) is 1.82. The number of benzene rings is 1. The van der Waals surface area contributed by atoms with Crippen molar-refractivity contribution in [2.24, 2.45) is 0 Å². The lowest BCUT2D eigenvalue weighted by Crippen LogP contribution is -2.16. The Morgan fingerprint density at radius 3 is 2.59 bits per heavy atom. The summed E-state index contributed by atoms with van der Waals surface area (Å²) in [5.41, 5.74) is 8.97. The molecule has 17 heavy (non-hydrogen) atoms. The third kappa shape index (κ3) is 3.89. The van der Waals surface area contributed by atoms with Crippen molar-refractivity contribution in [2.75, 3.05) is 12.3 Å². The van der Waals surface area contributed by atoms with E-state index in [0.29, 0.717) is 0 Å². The van der Waals surface area contributed by atoms with Gasteiger partial charge < -0.3 is 11.1 Å². The van der Waals surface area contributed by atoms with Gasteiger partial charge in [0.05, 0.1) is 0 Å². The molecule has 1 aromatic carbocycles. The van der Waals surface area contributed by atoms with E-state index in [1.165, 1.54) is 11.1 Å². The second-order valence-corrected chi connectivity index (χ2v) is 4.03. The Balaban J connectivity index is 1.71. The van der Waals surface area contributed by atoms with Crippen molar-refractivity contribution < 1.29 is 0 Å². The first kappa shape index (κ1) is 11.6. The number of nitrogens with two attached hydrogens (primary N) is 1. The molecule has 0 aliphatic carbocycles. The number of nitrogens with zero attached hydrogens (tertiary/aromatic N) is 1. The summed E-state index contributed by atoms with van der Waals surface area (Å²) in [5, 5.41) is 3.39. The van der Waals surface area contributed by atoms with Crippen molar-refractivity contribution in [3.05, 3.63) is 59.9 Å². The van der Waals surface area contributed by atoms with E-state index >= 15 is 0 Å². The SMILES string of the molecule is Nc1ccc(CCNCc2cccnc2)cc1. The molecule has 0 saturated carbocycles. The minimum atomic E-state index is 0.817. The van der Waals surface area contributed by atoms with E-state index in [0.717, 1.165) is 25.2 Å². The third-order valence-electron chi connectivity index (χ3n) is 2.62. The van der Waals surface area contributed by atoms with Crippen molar-refractivity contribution in [2.45, 2.75) is 13.0 Å². The highest BCUT2D eigenvalue weighted by Gasteiger charge is 1.94. The molecule has 0 saturated heterocycles. The molecule has 0 aliphatic rings. The lowest BCUT2D eigenvalue weighted by atomic mass is 10.1. The third-order valence-corrected chi connectivity index (χ3v) is 2.62. The molecule has 0 radical (unpaired) electrons. The smallest absolute Gasteiger partial charge is 0.0314 e. The van der Waals surface area contributed by atoms with Gasteiger partial charge in [-0.15, -0.1) is 0 Å². The van der Waals surface area contributed by atoms with Gasteiger partial charge in [0.15, 0.2) is 0 Å². The van der Waals surface area contributed by atoms with Gasteiger partial charge in [0.25, 0.3) is 0 Å². The summed E-state index contributed by atoms with van der Waals surface area (Å²) in [7, 11) is 0. The maximum atomic E-state index is 5.63. The molecule has 0 atom stereocenters. The highest BCUT2D eigenvalue weighted by molar-refractivity contribution is 5.39. The molecule has 2 aromatic rings. The molecule has 0 amide bonds. The van der Waals surface area contributed by atoms with Crippen molar-refractivity contribution in [3.63, 3.8) is 0 Å². The Bertz CT molecular complexity index is 437. The fourth-order valence-electron chi connectivity index (χ4n) is 1.65. The zero-order valence-corrected chi connectivity index (χ0v) is 9.76. The minimum Gasteiger partial charge on any atom is -0.399 e. The molecule has 1 aromatic heterocycles. The van der Waals surface area contributed by atoms with Gasteiger partial charge in [0.2, 0.25) is 0 Å². The summed E-state index contributed by atoms with van der Waals surface area (Å²) in [6, 6.07) is 12.1. The zero-order valence-electron chi connectivity index (χ0n) is 9.76. The first-order valence-corrected chi connectivity index (χ1v) is 5.78. The van der Waals surface area contributed by atoms with E-state index in [1.807, 2.05) is 24.4 Å². The molecule has 3 nitrogen and oxygen atoms in total. The van der Waals surface area contributed by atoms with Crippen molar-refractivity contribution >= 4 is 5.69 Å². The van der Waals surface area contributed by atoms with Crippen molar-refractivity contribution in [1.82, 2.24) is 10.3 Å². The van der Waals surface area contributed by atoms with Crippen LogP contribution in [0.4, 0.5) is 5.69 Å². The van der Waals surface area contributed by atoms with E-state index in [-0.39, 0.29) is 0 Å². The second kappa shape index (κ2) is 6.01. The van der Waals surface area contributed by atoms with Crippen LogP contribution in [0, 0.1) is 0 Å². The molecule has 3 heteroatoms. The van der Waals surface area contributed by atoms with Gasteiger partial charge in [-0.1, -0.05) is 18.2 Å². The normalized spacial score (nSPS) is 10.4. The maximum Gasteiger partial charge on any atom is 0.0314 e. The average Bonchev–Trinajstić information content (AvgIpc) is 2.38. The summed E-state index contributed by atoms with van der Waals surface area (Å²) in [5.74, 6) is 0. The second-order valence-electron chi connectivity index (χ2n) is 4.03. The van der Waals surface area contributed by atoms with Gasteiger partial charge in [0.1, 0.15) is 0 Å². The van der Waals surface area contributed by atoms with Crippen LogP contribution in [0.25, 0.3) is 0 Å². The minimum absolute atomic E-state index is 0.817. The van der Waals surface area contributed by atoms with Crippen molar-refractivity contribution in [1.29, 1.82) is 0 Å². The van der Waals surface area contributed by atoms with E-state index < -0.39 is 0 Å². The standard InChI is InChI=1S/C14H17N3/c15-14-5-3-12(4-6-14)7-9-17-11-13-2-1-8-16-10-13/h1-6,8,10,17H,7,9,11,15H2. The topological polar surface area (TPSA) is 50.9 Å². The van der Waals surface area contributed by atoms with Crippen LogP contribution in [-0.4, -0.2) is 11.5 Å². The molecule has 0 spiro atoms.